The highest BCUT2D eigenvalue weighted by molar-refractivity contribution is 5.74. The van der Waals surface area contributed by atoms with Gasteiger partial charge in [0.25, 0.3) is 0 Å². The SMILES string of the molecule is CC(CC(N)=O)NC(C)c1ccc(F)cc1F. The fraction of sp³-hybridized carbons (Fsp3) is 0.417. The zero-order chi connectivity index (χ0) is 13.0. The molecule has 1 aromatic carbocycles. The molecule has 1 rings (SSSR count). The topological polar surface area (TPSA) is 55.1 Å². The fourth-order valence-electron chi connectivity index (χ4n) is 1.73. The van der Waals surface area contributed by atoms with E-state index in [1.807, 2.05) is 0 Å². The smallest absolute Gasteiger partial charge is 0.218 e. The van der Waals surface area contributed by atoms with Crippen molar-refractivity contribution in [1.29, 1.82) is 0 Å². The monoisotopic (exact) mass is 242 g/mol. The van der Waals surface area contributed by atoms with Gasteiger partial charge in [-0.15, -0.1) is 0 Å². The Morgan fingerprint density at radius 1 is 1.41 bits per heavy atom. The summed E-state index contributed by atoms with van der Waals surface area (Å²) in [5.74, 6) is -1.63. The molecule has 0 saturated carbocycles. The fourth-order valence-corrected chi connectivity index (χ4v) is 1.73. The number of nitrogens with one attached hydrogen (secondary N) is 1. The Labute approximate surface area is 99.0 Å². The third-order valence-corrected chi connectivity index (χ3v) is 2.47. The molecule has 0 saturated heterocycles. The minimum Gasteiger partial charge on any atom is -0.370 e. The van der Waals surface area contributed by atoms with E-state index in [1.54, 1.807) is 13.8 Å². The van der Waals surface area contributed by atoms with Crippen molar-refractivity contribution < 1.29 is 13.6 Å². The summed E-state index contributed by atoms with van der Waals surface area (Å²) in [6.45, 7) is 3.52. The molecule has 3 N–H and O–H groups in total. The number of benzene rings is 1. The van der Waals surface area contributed by atoms with Crippen LogP contribution in [0.4, 0.5) is 8.78 Å². The van der Waals surface area contributed by atoms with Gasteiger partial charge in [0.15, 0.2) is 0 Å². The van der Waals surface area contributed by atoms with E-state index in [0.29, 0.717) is 5.56 Å². The van der Waals surface area contributed by atoms with Gasteiger partial charge in [-0.3, -0.25) is 4.79 Å². The molecule has 2 atom stereocenters. The Balaban J connectivity index is 2.69. The molecule has 0 fully saturated rings. The average Bonchev–Trinajstić information content (AvgIpc) is 2.15. The number of primary amides is 1. The molecule has 3 nitrogen and oxygen atoms in total. The summed E-state index contributed by atoms with van der Waals surface area (Å²) < 4.78 is 26.2. The second-order valence-corrected chi connectivity index (χ2v) is 4.13. The average molecular weight is 242 g/mol. The first-order valence-corrected chi connectivity index (χ1v) is 5.39. The van der Waals surface area contributed by atoms with Crippen LogP contribution in [0.15, 0.2) is 18.2 Å². The van der Waals surface area contributed by atoms with Crippen LogP contribution < -0.4 is 11.1 Å². The predicted octanol–water partition coefficient (Wildman–Crippen LogP) is 1.88. The number of carbonyl (C=O) groups is 1. The van der Waals surface area contributed by atoms with Crippen molar-refractivity contribution in [3.8, 4) is 0 Å². The van der Waals surface area contributed by atoms with Crippen molar-refractivity contribution in [3.05, 3.63) is 35.4 Å². The molecule has 0 aromatic heterocycles. The Kier molecular flexibility index (Phi) is 4.57. The van der Waals surface area contributed by atoms with E-state index >= 15 is 0 Å². The number of halogens is 2. The van der Waals surface area contributed by atoms with E-state index < -0.39 is 17.5 Å². The molecule has 0 aliphatic heterocycles. The van der Waals surface area contributed by atoms with Crippen molar-refractivity contribution in [2.75, 3.05) is 0 Å². The standard InChI is InChI=1S/C12H16F2N2O/c1-7(5-12(15)17)16-8(2)10-4-3-9(13)6-11(10)14/h3-4,6-8,16H,5H2,1-2H3,(H2,15,17). The molecule has 0 radical (unpaired) electrons. The summed E-state index contributed by atoms with van der Waals surface area (Å²) >= 11 is 0. The Bertz CT molecular complexity index is 409. The first-order chi connectivity index (χ1) is 7.90. The lowest BCUT2D eigenvalue weighted by Crippen LogP contribution is -2.33. The van der Waals surface area contributed by atoms with Crippen LogP contribution in [0.25, 0.3) is 0 Å². The summed E-state index contributed by atoms with van der Waals surface area (Å²) in [4.78, 5) is 10.7. The normalized spacial score (nSPS) is 14.4. The number of amides is 1. The quantitative estimate of drug-likeness (QED) is 0.828. The molecule has 2 unspecified atom stereocenters. The molecule has 0 spiro atoms. The van der Waals surface area contributed by atoms with Gasteiger partial charge in [0, 0.05) is 30.1 Å². The Hall–Kier alpha value is -1.49. The minimum absolute atomic E-state index is 0.160. The van der Waals surface area contributed by atoms with E-state index in [1.165, 1.54) is 12.1 Å². The van der Waals surface area contributed by atoms with Crippen molar-refractivity contribution >= 4 is 5.91 Å². The van der Waals surface area contributed by atoms with E-state index in [4.69, 9.17) is 5.73 Å². The maximum Gasteiger partial charge on any atom is 0.218 e. The number of carbonyl (C=O) groups excluding carboxylic acids is 1. The molecule has 1 amide bonds. The first kappa shape index (κ1) is 13.6. The molecule has 17 heavy (non-hydrogen) atoms. The zero-order valence-electron chi connectivity index (χ0n) is 9.84. The van der Waals surface area contributed by atoms with Crippen LogP contribution in [0.3, 0.4) is 0 Å². The van der Waals surface area contributed by atoms with Crippen molar-refractivity contribution in [2.24, 2.45) is 5.73 Å². The maximum atomic E-state index is 13.4. The first-order valence-electron chi connectivity index (χ1n) is 5.39. The molecule has 0 aliphatic carbocycles. The van der Waals surface area contributed by atoms with Gasteiger partial charge in [-0.25, -0.2) is 8.78 Å². The van der Waals surface area contributed by atoms with Crippen LogP contribution >= 0.6 is 0 Å². The van der Waals surface area contributed by atoms with Gasteiger partial charge in [0.1, 0.15) is 11.6 Å². The van der Waals surface area contributed by atoms with Crippen molar-refractivity contribution in [1.82, 2.24) is 5.32 Å². The van der Waals surface area contributed by atoms with E-state index in [9.17, 15) is 13.6 Å². The zero-order valence-corrected chi connectivity index (χ0v) is 9.84. The van der Waals surface area contributed by atoms with Gasteiger partial charge in [-0.05, 0) is 19.9 Å². The summed E-state index contributed by atoms with van der Waals surface area (Å²) in [7, 11) is 0. The lowest BCUT2D eigenvalue weighted by atomic mass is 10.1. The third-order valence-electron chi connectivity index (χ3n) is 2.47. The molecule has 5 heteroatoms. The second kappa shape index (κ2) is 5.72. The summed E-state index contributed by atoms with van der Waals surface area (Å²) in [6, 6.07) is 2.96. The van der Waals surface area contributed by atoms with Gasteiger partial charge in [-0.2, -0.15) is 0 Å². The molecule has 1 aromatic rings. The summed E-state index contributed by atoms with van der Waals surface area (Å²) in [5, 5.41) is 3.02. The van der Waals surface area contributed by atoms with Gasteiger partial charge < -0.3 is 11.1 Å². The van der Waals surface area contributed by atoms with Crippen molar-refractivity contribution in [3.63, 3.8) is 0 Å². The highest BCUT2D eigenvalue weighted by Gasteiger charge is 2.14. The lowest BCUT2D eigenvalue weighted by Gasteiger charge is -2.19. The van der Waals surface area contributed by atoms with Gasteiger partial charge in [0.2, 0.25) is 5.91 Å². The van der Waals surface area contributed by atoms with Crippen LogP contribution in [-0.4, -0.2) is 11.9 Å². The minimum atomic E-state index is -0.608. The summed E-state index contributed by atoms with van der Waals surface area (Å²) in [6.07, 6.45) is 0.174. The van der Waals surface area contributed by atoms with E-state index in [-0.39, 0.29) is 18.5 Å². The molecular weight excluding hydrogens is 226 g/mol. The largest absolute Gasteiger partial charge is 0.370 e. The number of hydrogen-bond donors (Lipinski definition) is 2. The highest BCUT2D eigenvalue weighted by atomic mass is 19.1. The maximum absolute atomic E-state index is 13.4. The number of nitrogens with two attached hydrogens (primary N) is 1. The van der Waals surface area contributed by atoms with E-state index in [2.05, 4.69) is 5.32 Å². The van der Waals surface area contributed by atoms with Crippen LogP contribution in [0.1, 0.15) is 31.9 Å². The molecule has 0 heterocycles. The second-order valence-electron chi connectivity index (χ2n) is 4.13. The predicted molar refractivity (Wildman–Crippen MR) is 61.2 cm³/mol. The van der Waals surface area contributed by atoms with Gasteiger partial charge in [0.05, 0.1) is 0 Å². The van der Waals surface area contributed by atoms with Crippen LogP contribution in [0, 0.1) is 11.6 Å². The Morgan fingerprint density at radius 3 is 2.59 bits per heavy atom. The van der Waals surface area contributed by atoms with Gasteiger partial charge in [-0.1, -0.05) is 6.07 Å². The van der Waals surface area contributed by atoms with Crippen LogP contribution in [0.2, 0.25) is 0 Å². The molecule has 0 bridgehead atoms. The molecule has 0 aliphatic rings. The third kappa shape index (κ3) is 4.11. The number of hydrogen-bond acceptors (Lipinski definition) is 2. The van der Waals surface area contributed by atoms with Crippen LogP contribution in [0.5, 0.6) is 0 Å². The lowest BCUT2D eigenvalue weighted by molar-refractivity contribution is -0.118. The molecule has 94 valence electrons. The Morgan fingerprint density at radius 2 is 2.06 bits per heavy atom. The van der Waals surface area contributed by atoms with Crippen LogP contribution in [-0.2, 0) is 4.79 Å². The van der Waals surface area contributed by atoms with E-state index in [0.717, 1.165) is 6.07 Å². The highest BCUT2D eigenvalue weighted by Crippen LogP contribution is 2.18. The summed E-state index contributed by atoms with van der Waals surface area (Å²) in [5.41, 5.74) is 5.42. The van der Waals surface area contributed by atoms with Crippen molar-refractivity contribution in [2.45, 2.75) is 32.4 Å². The van der Waals surface area contributed by atoms with Gasteiger partial charge >= 0.3 is 0 Å². The molecular formula is C12H16F2N2O. The number of rotatable bonds is 5.